The second kappa shape index (κ2) is 4.58. The van der Waals surface area contributed by atoms with Gasteiger partial charge in [-0.3, -0.25) is 0 Å². The number of nitrogens with zero attached hydrogens (tertiary/aromatic N) is 1. The highest BCUT2D eigenvalue weighted by Crippen LogP contribution is 2.32. The minimum absolute atomic E-state index is 0.162. The Morgan fingerprint density at radius 3 is 2.82 bits per heavy atom. The number of aromatic nitrogens is 1. The topological polar surface area (TPSA) is 22.1 Å². The lowest BCUT2D eigenvalue weighted by Crippen LogP contribution is -2.15. The molecule has 1 aromatic heterocycles. The molecule has 0 saturated heterocycles. The number of benzene rings is 1. The summed E-state index contributed by atoms with van der Waals surface area (Å²) in [6.07, 6.45) is 5.36. The van der Waals surface area contributed by atoms with Crippen molar-refractivity contribution in [2.75, 3.05) is 0 Å². The zero-order valence-corrected chi connectivity index (χ0v) is 9.67. The summed E-state index contributed by atoms with van der Waals surface area (Å²) in [5.41, 5.74) is 2.74. The van der Waals surface area contributed by atoms with Gasteiger partial charge >= 0.3 is 0 Å². The molecule has 2 nitrogen and oxygen atoms in total. The van der Waals surface area contributed by atoms with Gasteiger partial charge in [-0.05, 0) is 36.5 Å². The summed E-state index contributed by atoms with van der Waals surface area (Å²) < 4.78 is 5.97. The van der Waals surface area contributed by atoms with Gasteiger partial charge in [0.2, 0.25) is 5.88 Å². The molecule has 17 heavy (non-hydrogen) atoms. The molecule has 0 aliphatic heterocycles. The highest BCUT2D eigenvalue weighted by molar-refractivity contribution is 5.32. The second-order valence-electron chi connectivity index (χ2n) is 4.37. The summed E-state index contributed by atoms with van der Waals surface area (Å²) >= 11 is 0. The van der Waals surface area contributed by atoms with Crippen LogP contribution in [0.25, 0.3) is 0 Å². The Labute approximate surface area is 101 Å². The Bertz CT molecular complexity index is 495. The van der Waals surface area contributed by atoms with Gasteiger partial charge in [0.25, 0.3) is 0 Å². The minimum Gasteiger partial charge on any atom is -0.469 e. The van der Waals surface area contributed by atoms with Gasteiger partial charge in [0.1, 0.15) is 6.10 Å². The van der Waals surface area contributed by atoms with E-state index in [1.54, 1.807) is 6.20 Å². The SMILES string of the molecule is c1ccc(O[C@@H]2CCCc3ccccc32)nc1. The predicted octanol–water partition coefficient (Wildman–Crippen LogP) is 3.54. The van der Waals surface area contributed by atoms with Crippen LogP contribution in [0.5, 0.6) is 5.88 Å². The molecule has 0 amide bonds. The molecule has 1 aliphatic carbocycles. The third-order valence-corrected chi connectivity index (χ3v) is 3.22. The molecular formula is C15H15NO. The molecule has 86 valence electrons. The number of hydrogen-bond donors (Lipinski definition) is 0. The molecule has 0 saturated carbocycles. The third kappa shape index (κ3) is 2.16. The quantitative estimate of drug-likeness (QED) is 0.780. The summed E-state index contributed by atoms with van der Waals surface area (Å²) in [5, 5.41) is 0. The molecule has 0 bridgehead atoms. The van der Waals surface area contributed by atoms with E-state index in [9.17, 15) is 0 Å². The lowest BCUT2D eigenvalue weighted by Gasteiger charge is -2.25. The van der Waals surface area contributed by atoms with Crippen LogP contribution in [-0.2, 0) is 6.42 Å². The van der Waals surface area contributed by atoms with E-state index >= 15 is 0 Å². The van der Waals surface area contributed by atoms with Gasteiger partial charge in [-0.15, -0.1) is 0 Å². The van der Waals surface area contributed by atoms with Crippen molar-refractivity contribution in [1.29, 1.82) is 0 Å². The Balaban J connectivity index is 1.86. The average Bonchev–Trinajstić information content (AvgIpc) is 2.40. The second-order valence-corrected chi connectivity index (χ2v) is 4.37. The molecule has 0 spiro atoms. The molecular weight excluding hydrogens is 210 g/mol. The Hall–Kier alpha value is -1.83. The first-order valence-corrected chi connectivity index (χ1v) is 6.09. The van der Waals surface area contributed by atoms with Gasteiger partial charge in [-0.25, -0.2) is 4.98 Å². The van der Waals surface area contributed by atoms with E-state index in [4.69, 9.17) is 4.74 Å². The van der Waals surface area contributed by atoms with E-state index in [0.29, 0.717) is 5.88 Å². The maximum Gasteiger partial charge on any atom is 0.213 e. The van der Waals surface area contributed by atoms with Gasteiger partial charge in [-0.2, -0.15) is 0 Å². The van der Waals surface area contributed by atoms with E-state index in [2.05, 4.69) is 29.2 Å². The van der Waals surface area contributed by atoms with Gasteiger partial charge in [0.15, 0.2) is 0 Å². The van der Waals surface area contributed by atoms with Crippen LogP contribution >= 0.6 is 0 Å². The van der Waals surface area contributed by atoms with E-state index in [1.807, 2.05) is 18.2 Å². The fourth-order valence-electron chi connectivity index (χ4n) is 2.39. The van der Waals surface area contributed by atoms with Crippen molar-refractivity contribution in [3.05, 3.63) is 59.8 Å². The van der Waals surface area contributed by atoms with Gasteiger partial charge in [0.05, 0.1) is 0 Å². The van der Waals surface area contributed by atoms with Crippen LogP contribution in [0, 0.1) is 0 Å². The number of rotatable bonds is 2. The van der Waals surface area contributed by atoms with Crippen LogP contribution in [0.2, 0.25) is 0 Å². The Kier molecular flexibility index (Phi) is 2.78. The van der Waals surface area contributed by atoms with Crippen molar-refractivity contribution in [1.82, 2.24) is 4.98 Å². The number of hydrogen-bond acceptors (Lipinski definition) is 2. The standard InChI is InChI=1S/C15H15NO/c1-2-8-13-12(6-1)7-5-9-14(13)17-15-10-3-4-11-16-15/h1-4,6,8,10-11,14H,5,7,9H2/t14-/m1/s1. The molecule has 2 aromatic rings. The first-order valence-electron chi connectivity index (χ1n) is 6.09. The normalized spacial score (nSPS) is 18.5. The van der Waals surface area contributed by atoms with Crippen LogP contribution in [0.1, 0.15) is 30.1 Å². The molecule has 2 heteroatoms. The highest BCUT2D eigenvalue weighted by atomic mass is 16.5. The summed E-state index contributed by atoms with van der Waals surface area (Å²) in [4.78, 5) is 4.22. The average molecular weight is 225 g/mol. The molecule has 1 aromatic carbocycles. The van der Waals surface area contributed by atoms with Gasteiger partial charge in [-0.1, -0.05) is 30.3 Å². The summed E-state index contributed by atoms with van der Waals surface area (Å²) in [6, 6.07) is 14.3. The van der Waals surface area contributed by atoms with Crippen molar-refractivity contribution in [3.8, 4) is 5.88 Å². The van der Waals surface area contributed by atoms with Crippen LogP contribution in [0.4, 0.5) is 0 Å². The van der Waals surface area contributed by atoms with Crippen molar-refractivity contribution >= 4 is 0 Å². The van der Waals surface area contributed by atoms with Gasteiger partial charge in [0, 0.05) is 12.3 Å². The van der Waals surface area contributed by atoms with E-state index < -0.39 is 0 Å². The number of aryl methyl sites for hydroxylation is 1. The fourth-order valence-corrected chi connectivity index (χ4v) is 2.39. The molecule has 1 heterocycles. The van der Waals surface area contributed by atoms with Crippen molar-refractivity contribution in [2.24, 2.45) is 0 Å². The maximum atomic E-state index is 5.97. The molecule has 0 radical (unpaired) electrons. The lowest BCUT2D eigenvalue weighted by atomic mass is 9.89. The fraction of sp³-hybridized carbons (Fsp3) is 0.267. The minimum atomic E-state index is 0.162. The zero-order chi connectivity index (χ0) is 11.5. The highest BCUT2D eigenvalue weighted by Gasteiger charge is 2.21. The van der Waals surface area contributed by atoms with E-state index in [-0.39, 0.29) is 6.10 Å². The Morgan fingerprint density at radius 1 is 1.06 bits per heavy atom. The summed E-state index contributed by atoms with van der Waals surface area (Å²) in [6.45, 7) is 0. The zero-order valence-electron chi connectivity index (χ0n) is 9.67. The smallest absolute Gasteiger partial charge is 0.213 e. The third-order valence-electron chi connectivity index (χ3n) is 3.22. The van der Waals surface area contributed by atoms with Crippen LogP contribution in [-0.4, -0.2) is 4.98 Å². The van der Waals surface area contributed by atoms with Crippen LogP contribution in [0.15, 0.2) is 48.7 Å². The van der Waals surface area contributed by atoms with Gasteiger partial charge < -0.3 is 4.74 Å². The van der Waals surface area contributed by atoms with Crippen molar-refractivity contribution < 1.29 is 4.74 Å². The largest absolute Gasteiger partial charge is 0.469 e. The first kappa shape index (κ1) is 10.3. The molecule has 0 unspecified atom stereocenters. The number of pyridine rings is 1. The van der Waals surface area contributed by atoms with Crippen LogP contribution < -0.4 is 4.74 Å². The molecule has 1 aliphatic rings. The molecule has 1 atom stereocenters. The predicted molar refractivity (Wildman–Crippen MR) is 67.0 cm³/mol. The molecule has 0 N–H and O–H groups in total. The first-order chi connectivity index (χ1) is 8.43. The monoisotopic (exact) mass is 225 g/mol. The Morgan fingerprint density at radius 2 is 1.94 bits per heavy atom. The molecule has 0 fully saturated rings. The lowest BCUT2D eigenvalue weighted by molar-refractivity contribution is 0.176. The maximum absolute atomic E-state index is 5.97. The van der Waals surface area contributed by atoms with Crippen molar-refractivity contribution in [2.45, 2.75) is 25.4 Å². The van der Waals surface area contributed by atoms with Crippen molar-refractivity contribution in [3.63, 3.8) is 0 Å². The van der Waals surface area contributed by atoms with E-state index in [0.717, 1.165) is 12.8 Å². The number of fused-ring (bicyclic) bond motifs is 1. The number of ether oxygens (including phenoxy) is 1. The molecule has 3 rings (SSSR count). The summed E-state index contributed by atoms with van der Waals surface area (Å²) in [7, 11) is 0. The van der Waals surface area contributed by atoms with Crippen LogP contribution in [0.3, 0.4) is 0 Å². The summed E-state index contributed by atoms with van der Waals surface area (Å²) in [5.74, 6) is 0.717. The van der Waals surface area contributed by atoms with E-state index in [1.165, 1.54) is 17.5 Å².